The average molecular weight is 495 g/mol. The molecule has 3 heterocycles. The molecule has 9 rings (SSSR count). The van der Waals surface area contributed by atoms with Crippen LogP contribution in [0.5, 0.6) is 0 Å². The molecule has 6 aromatic carbocycles. The van der Waals surface area contributed by atoms with Crippen molar-refractivity contribution in [3.63, 3.8) is 0 Å². The van der Waals surface area contributed by atoms with E-state index in [2.05, 4.69) is 132 Å². The Labute approximate surface area is 226 Å². The summed E-state index contributed by atoms with van der Waals surface area (Å²) in [6, 6.07) is 46.2. The lowest BCUT2D eigenvalue weighted by molar-refractivity contribution is 1.23. The second-order valence-electron chi connectivity index (χ2n) is 10.3. The summed E-state index contributed by atoms with van der Waals surface area (Å²) in [5.74, 6) is 0. The molecule has 180 valence electrons. The van der Waals surface area contributed by atoms with Gasteiger partial charge in [0.25, 0.3) is 0 Å². The van der Waals surface area contributed by atoms with Gasteiger partial charge in [0.15, 0.2) is 0 Å². The van der Waals surface area contributed by atoms with Gasteiger partial charge in [-0.15, -0.1) is 0 Å². The third kappa shape index (κ3) is 2.73. The Morgan fingerprint density at radius 2 is 1.13 bits per heavy atom. The summed E-state index contributed by atoms with van der Waals surface area (Å²) < 4.78 is 0. The van der Waals surface area contributed by atoms with Crippen LogP contribution in [0, 0.1) is 0 Å². The molecule has 0 saturated heterocycles. The van der Waals surface area contributed by atoms with Crippen LogP contribution in [0.1, 0.15) is 0 Å². The van der Waals surface area contributed by atoms with Crippen LogP contribution in [0.25, 0.3) is 66.2 Å². The van der Waals surface area contributed by atoms with Crippen molar-refractivity contribution >= 4 is 38.6 Å². The van der Waals surface area contributed by atoms with Crippen LogP contribution in [0.3, 0.4) is 0 Å². The lowest BCUT2D eigenvalue weighted by Crippen LogP contribution is -2.20. The first-order valence-electron chi connectivity index (χ1n) is 13.4. The minimum Gasteiger partial charge on any atom is -0.306 e. The molecule has 2 nitrogen and oxygen atoms in total. The number of hydrogen-bond acceptors (Lipinski definition) is 2. The molecule has 0 saturated carbocycles. The number of benzene rings is 6. The van der Waals surface area contributed by atoms with Crippen molar-refractivity contribution in [1.82, 2.24) is 4.98 Å². The maximum atomic E-state index is 4.94. The zero-order valence-electron chi connectivity index (χ0n) is 21.1. The summed E-state index contributed by atoms with van der Waals surface area (Å²) in [6.45, 7) is 0. The molecule has 2 heteroatoms. The highest BCUT2D eigenvalue weighted by Crippen LogP contribution is 2.60. The second kappa shape index (κ2) is 7.66. The van der Waals surface area contributed by atoms with Gasteiger partial charge in [-0.1, -0.05) is 103 Å². The van der Waals surface area contributed by atoms with Crippen LogP contribution in [0.15, 0.2) is 134 Å². The van der Waals surface area contributed by atoms with E-state index in [0.29, 0.717) is 0 Å². The molecule has 39 heavy (non-hydrogen) atoms. The van der Waals surface area contributed by atoms with Gasteiger partial charge in [-0.05, 0) is 62.9 Å². The number of hydrogen-bond donors (Lipinski definition) is 0. The molecule has 0 spiro atoms. The molecule has 0 unspecified atom stereocenters. The molecule has 1 aromatic heterocycles. The smallest absolute Gasteiger partial charge is 0.0949 e. The summed E-state index contributed by atoms with van der Waals surface area (Å²) >= 11 is 0. The maximum absolute atomic E-state index is 4.94. The van der Waals surface area contributed by atoms with Gasteiger partial charge in [0.05, 0.1) is 22.8 Å². The molecular weight excluding hydrogens is 472 g/mol. The molecule has 2 aliphatic heterocycles. The first kappa shape index (κ1) is 20.8. The van der Waals surface area contributed by atoms with Gasteiger partial charge in [-0.25, -0.2) is 0 Å². The van der Waals surface area contributed by atoms with Gasteiger partial charge in [-0.2, -0.15) is 0 Å². The Balaban J connectivity index is 1.49. The number of aromatic nitrogens is 1. The van der Waals surface area contributed by atoms with Crippen LogP contribution >= 0.6 is 0 Å². The van der Waals surface area contributed by atoms with Crippen molar-refractivity contribution in [2.75, 3.05) is 4.90 Å². The fourth-order valence-electron chi connectivity index (χ4n) is 6.77. The molecule has 0 radical (unpaired) electrons. The zero-order valence-corrected chi connectivity index (χ0v) is 21.1. The van der Waals surface area contributed by atoms with Crippen LogP contribution < -0.4 is 4.90 Å². The highest BCUT2D eigenvalue weighted by atomic mass is 15.2. The largest absolute Gasteiger partial charge is 0.306 e. The number of rotatable bonds is 2. The van der Waals surface area contributed by atoms with Crippen molar-refractivity contribution in [2.45, 2.75) is 0 Å². The number of fused-ring (bicyclic) bond motifs is 5. The SMILES string of the molecule is c1ccc(-c2ccc3c4c(cccc24)-c2cc(-c4ccccc4)c4cccc5c4c2N3c2cccnc2-5)cc1. The standard InChI is InChI=1S/C37H22N2/c1-3-10-23(11-4-1)25-19-20-32-34-26(25)14-7-16-28(34)31-22-30(24-12-5-2-6-13-24)27-15-8-17-29-35(27)37(31)39(32)33-18-9-21-38-36(29)33/h1-22H. The van der Waals surface area contributed by atoms with E-state index in [1.54, 1.807) is 0 Å². The Hall–Kier alpha value is -5.21. The molecule has 0 amide bonds. The fourth-order valence-corrected chi connectivity index (χ4v) is 6.77. The Kier molecular flexibility index (Phi) is 4.08. The van der Waals surface area contributed by atoms with E-state index in [1.807, 2.05) is 6.20 Å². The number of nitrogens with zero attached hydrogens (tertiary/aromatic N) is 2. The van der Waals surface area contributed by atoms with Gasteiger partial charge in [0.2, 0.25) is 0 Å². The summed E-state index contributed by atoms with van der Waals surface area (Å²) in [7, 11) is 0. The van der Waals surface area contributed by atoms with E-state index in [1.165, 1.54) is 71.9 Å². The van der Waals surface area contributed by atoms with Crippen molar-refractivity contribution in [3.8, 4) is 44.6 Å². The molecule has 2 aliphatic rings. The number of anilines is 3. The predicted molar refractivity (Wildman–Crippen MR) is 163 cm³/mol. The summed E-state index contributed by atoms with van der Waals surface area (Å²) in [6.07, 6.45) is 1.91. The molecule has 0 bridgehead atoms. The quantitative estimate of drug-likeness (QED) is 0.238. The van der Waals surface area contributed by atoms with Gasteiger partial charge >= 0.3 is 0 Å². The first-order chi connectivity index (χ1) is 19.4. The second-order valence-corrected chi connectivity index (χ2v) is 10.3. The monoisotopic (exact) mass is 494 g/mol. The van der Waals surface area contributed by atoms with E-state index >= 15 is 0 Å². The molecular formula is C37H22N2. The third-order valence-electron chi connectivity index (χ3n) is 8.36. The molecule has 0 N–H and O–H groups in total. The highest BCUT2D eigenvalue weighted by molar-refractivity contribution is 6.27. The summed E-state index contributed by atoms with van der Waals surface area (Å²) in [5.41, 5.74) is 13.4. The van der Waals surface area contributed by atoms with Crippen molar-refractivity contribution in [1.29, 1.82) is 0 Å². The molecule has 0 fully saturated rings. The normalized spacial score (nSPS) is 12.6. The van der Waals surface area contributed by atoms with E-state index in [0.717, 1.165) is 11.4 Å². The number of pyridine rings is 1. The van der Waals surface area contributed by atoms with E-state index < -0.39 is 0 Å². The van der Waals surface area contributed by atoms with Crippen LogP contribution in [0.4, 0.5) is 17.1 Å². The maximum Gasteiger partial charge on any atom is 0.0949 e. The van der Waals surface area contributed by atoms with Gasteiger partial charge in [-0.3, -0.25) is 4.98 Å². The van der Waals surface area contributed by atoms with E-state index in [9.17, 15) is 0 Å². The Morgan fingerprint density at radius 1 is 0.436 bits per heavy atom. The zero-order chi connectivity index (χ0) is 25.5. The van der Waals surface area contributed by atoms with Crippen LogP contribution in [-0.2, 0) is 0 Å². The van der Waals surface area contributed by atoms with Crippen molar-refractivity contribution < 1.29 is 0 Å². The van der Waals surface area contributed by atoms with E-state index in [4.69, 9.17) is 4.98 Å². The lowest BCUT2D eigenvalue weighted by Gasteiger charge is -2.39. The summed E-state index contributed by atoms with van der Waals surface area (Å²) in [5, 5.41) is 5.09. The fraction of sp³-hybridized carbons (Fsp3) is 0. The molecule has 0 atom stereocenters. The van der Waals surface area contributed by atoms with Crippen LogP contribution in [-0.4, -0.2) is 4.98 Å². The lowest BCUT2D eigenvalue weighted by atomic mass is 9.81. The van der Waals surface area contributed by atoms with E-state index in [-0.39, 0.29) is 0 Å². The van der Waals surface area contributed by atoms with Gasteiger partial charge in [0.1, 0.15) is 0 Å². The molecule has 7 aromatic rings. The highest BCUT2D eigenvalue weighted by Gasteiger charge is 2.35. The third-order valence-corrected chi connectivity index (χ3v) is 8.36. The van der Waals surface area contributed by atoms with Gasteiger partial charge < -0.3 is 4.90 Å². The van der Waals surface area contributed by atoms with Crippen molar-refractivity contribution in [2.24, 2.45) is 0 Å². The Morgan fingerprint density at radius 3 is 1.90 bits per heavy atom. The minimum atomic E-state index is 1.03. The topological polar surface area (TPSA) is 16.1 Å². The van der Waals surface area contributed by atoms with Gasteiger partial charge in [0, 0.05) is 28.1 Å². The van der Waals surface area contributed by atoms with Crippen molar-refractivity contribution in [3.05, 3.63) is 134 Å². The average Bonchev–Trinajstić information content (AvgIpc) is 3.02. The summed E-state index contributed by atoms with van der Waals surface area (Å²) in [4.78, 5) is 7.41. The van der Waals surface area contributed by atoms with Crippen LogP contribution in [0.2, 0.25) is 0 Å². The Bertz CT molecular complexity index is 2110. The molecule has 0 aliphatic carbocycles. The minimum absolute atomic E-state index is 1.03. The first-order valence-corrected chi connectivity index (χ1v) is 13.4. The predicted octanol–water partition coefficient (Wildman–Crippen LogP) is 10.2.